The molecule has 0 saturated carbocycles. The van der Waals surface area contributed by atoms with Crippen LogP contribution in [0.3, 0.4) is 0 Å². The first-order chi connectivity index (χ1) is 9.85. The quantitative estimate of drug-likeness (QED) is 0.765. The SMILES string of the molecule is Cc1[nH]nc(S(=O)(=O)Nc2ccc(N(C)C)cc2)c1CN. The Bertz CT molecular complexity index is 720. The standard InChI is InChI=1S/C13H19N5O2S/c1-9-12(8-14)13(16-15-9)21(19,20)17-10-4-6-11(7-5-10)18(2)3/h4-7,17H,8,14H2,1-3H3,(H,15,16). The van der Waals surface area contributed by atoms with E-state index in [0.29, 0.717) is 16.9 Å². The monoisotopic (exact) mass is 309 g/mol. The summed E-state index contributed by atoms with van der Waals surface area (Å²) in [6.07, 6.45) is 0. The van der Waals surface area contributed by atoms with E-state index in [1.807, 2.05) is 31.1 Å². The van der Waals surface area contributed by atoms with Gasteiger partial charge in [0.15, 0.2) is 0 Å². The van der Waals surface area contributed by atoms with Gasteiger partial charge in [-0.3, -0.25) is 9.82 Å². The van der Waals surface area contributed by atoms with Gasteiger partial charge in [-0.2, -0.15) is 13.5 Å². The number of nitrogens with zero attached hydrogens (tertiary/aromatic N) is 2. The number of aromatic nitrogens is 2. The molecule has 0 atom stereocenters. The van der Waals surface area contributed by atoms with Crippen molar-refractivity contribution in [2.24, 2.45) is 5.73 Å². The van der Waals surface area contributed by atoms with Crippen LogP contribution in [0.2, 0.25) is 0 Å². The Balaban J connectivity index is 2.28. The van der Waals surface area contributed by atoms with Crippen LogP contribution in [-0.2, 0) is 16.6 Å². The molecule has 1 aromatic heterocycles. The number of H-pyrrole nitrogens is 1. The summed E-state index contributed by atoms with van der Waals surface area (Å²) in [6, 6.07) is 7.07. The number of hydrogen-bond acceptors (Lipinski definition) is 5. The topological polar surface area (TPSA) is 104 Å². The van der Waals surface area contributed by atoms with Crippen molar-refractivity contribution in [2.45, 2.75) is 18.5 Å². The molecule has 0 aliphatic heterocycles. The maximum atomic E-state index is 12.4. The molecule has 1 heterocycles. The summed E-state index contributed by atoms with van der Waals surface area (Å²) >= 11 is 0. The van der Waals surface area contributed by atoms with Crippen LogP contribution in [0.25, 0.3) is 0 Å². The predicted octanol–water partition coefficient (Wildman–Crippen LogP) is 1.04. The molecular formula is C13H19N5O2S. The fourth-order valence-electron chi connectivity index (χ4n) is 1.92. The van der Waals surface area contributed by atoms with Gasteiger partial charge in [0.25, 0.3) is 10.0 Å². The van der Waals surface area contributed by atoms with Crippen LogP contribution < -0.4 is 15.4 Å². The second-order valence-electron chi connectivity index (χ2n) is 4.88. The summed E-state index contributed by atoms with van der Waals surface area (Å²) in [5.74, 6) is 0. The van der Waals surface area contributed by atoms with Crippen molar-refractivity contribution in [2.75, 3.05) is 23.7 Å². The van der Waals surface area contributed by atoms with Crippen molar-refractivity contribution in [3.63, 3.8) is 0 Å². The third kappa shape index (κ3) is 3.17. The molecule has 0 spiro atoms. The minimum atomic E-state index is -3.75. The molecule has 0 fully saturated rings. The van der Waals surface area contributed by atoms with Crippen LogP contribution in [-0.4, -0.2) is 32.7 Å². The van der Waals surface area contributed by atoms with Gasteiger partial charge in [0.1, 0.15) is 0 Å². The average Bonchev–Trinajstić information content (AvgIpc) is 2.80. The Kier molecular flexibility index (Phi) is 4.19. The van der Waals surface area contributed by atoms with Crippen molar-refractivity contribution in [3.05, 3.63) is 35.5 Å². The lowest BCUT2D eigenvalue weighted by atomic mass is 10.3. The largest absolute Gasteiger partial charge is 0.378 e. The van der Waals surface area contributed by atoms with E-state index < -0.39 is 10.0 Å². The van der Waals surface area contributed by atoms with Crippen molar-refractivity contribution in [1.82, 2.24) is 10.2 Å². The Morgan fingerprint density at radius 3 is 2.43 bits per heavy atom. The molecule has 21 heavy (non-hydrogen) atoms. The minimum Gasteiger partial charge on any atom is -0.378 e. The van der Waals surface area contributed by atoms with Gasteiger partial charge in [0.2, 0.25) is 5.03 Å². The van der Waals surface area contributed by atoms with Crippen LogP contribution in [0, 0.1) is 6.92 Å². The van der Waals surface area contributed by atoms with E-state index in [1.54, 1.807) is 19.1 Å². The third-order valence-corrected chi connectivity index (χ3v) is 4.48. The van der Waals surface area contributed by atoms with Crippen molar-refractivity contribution < 1.29 is 8.42 Å². The van der Waals surface area contributed by atoms with E-state index >= 15 is 0 Å². The zero-order valence-electron chi connectivity index (χ0n) is 12.2. The maximum Gasteiger partial charge on any atom is 0.281 e. The smallest absolute Gasteiger partial charge is 0.281 e. The number of sulfonamides is 1. The normalized spacial score (nSPS) is 11.4. The molecule has 0 bridgehead atoms. The first-order valence-electron chi connectivity index (χ1n) is 6.39. The van der Waals surface area contributed by atoms with Gasteiger partial charge in [0.05, 0.1) is 0 Å². The van der Waals surface area contributed by atoms with E-state index in [4.69, 9.17) is 5.73 Å². The summed E-state index contributed by atoms with van der Waals surface area (Å²) < 4.78 is 27.2. The number of aromatic amines is 1. The van der Waals surface area contributed by atoms with E-state index in [1.165, 1.54) is 0 Å². The van der Waals surface area contributed by atoms with E-state index in [2.05, 4.69) is 14.9 Å². The minimum absolute atomic E-state index is 0.0563. The van der Waals surface area contributed by atoms with Crippen LogP contribution in [0.5, 0.6) is 0 Å². The molecule has 1 aromatic carbocycles. The molecule has 4 N–H and O–H groups in total. The second kappa shape index (κ2) is 5.74. The number of nitrogens with two attached hydrogens (primary N) is 1. The van der Waals surface area contributed by atoms with Gasteiger partial charge >= 0.3 is 0 Å². The number of aryl methyl sites for hydroxylation is 1. The fraction of sp³-hybridized carbons (Fsp3) is 0.308. The molecule has 0 saturated heterocycles. The fourth-order valence-corrected chi connectivity index (χ4v) is 3.19. The molecule has 0 radical (unpaired) electrons. The van der Waals surface area contributed by atoms with E-state index in [9.17, 15) is 8.42 Å². The Morgan fingerprint density at radius 2 is 1.90 bits per heavy atom. The summed E-state index contributed by atoms with van der Waals surface area (Å²) in [5.41, 5.74) is 8.19. The molecule has 0 amide bonds. The van der Waals surface area contributed by atoms with Crippen molar-refractivity contribution >= 4 is 21.4 Å². The molecule has 114 valence electrons. The highest BCUT2D eigenvalue weighted by Gasteiger charge is 2.23. The molecule has 7 nitrogen and oxygen atoms in total. The number of rotatable bonds is 5. The van der Waals surface area contributed by atoms with Gasteiger partial charge in [-0.05, 0) is 31.2 Å². The third-order valence-electron chi connectivity index (χ3n) is 3.13. The van der Waals surface area contributed by atoms with Gasteiger partial charge in [-0.1, -0.05) is 0 Å². The zero-order chi connectivity index (χ0) is 15.6. The van der Waals surface area contributed by atoms with Crippen molar-refractivity contribution in [3.8, 4) is 0 Å². The average molecular weight is 309 g/mol. The highest BCUT2D eigenvalue weighted by atomic mass is 32.2. The molecular weight excluding hydrogens is 290 g/mol. The van der Waals surface area contributed by atoms with Crippen LogP contribution >= 0.6 is 0 Å². The number of nitrogens with one attached hydrogen (secondary N) is 2. The zero-order valence-corrected chi connectivity index (χ0v) is 13.0. The van der Waals surface area contributed by atoms with E-state index in [0.717, 1.165) is 5.69 Å². The lowest BCUT2D eigenvalue weighted by Crippen LogP contribution is -2.16. The molecule has 0 unspecified atom stereocenters. The highest BCUT2D eigenvalue weighted by Crippen LogP contribution is 2.21. The van der Waals surface area contributed by atoms with E-state index in [-0.39, 0.29) is 11.6 Å². The van der Waals surface area contributed by atoms with Crippen LogP contribution in [0.15, 0.2) is 29.3 Å². The highest BCUT2D eigenvalue weighted by molar-refractivity contribution is 7.92. The summed E-state index contributed by atoms with van der Waals surface area (Å²) in [7, 11) is 0.0774. The summed E-state index contributed by atoms with van der Waals surface area (Å²) in [4.78, 5) is 1.93. The Labute approximate surface area is 124 Å². The first kappa shape index (κ1) is 15.3. The Morgan fingerprint density at radius 1 is 1.29 bits per heavy atom. The summed E-state index contributed by atoms with van der Waals surface area (Å²) in [5, 5.41) is 6.43. The molecule has 2 aromatic rings. The molecule has 2 rings (SSSR count). The second-order valence-corrected chi connectivity index (χ2v) is 6.48. The number of anilines is 2. The maximum absolute atomic E-state index is 12.4. The van der Waals surface area contributed by atoms with Crippen LogP contribution in [0.4, 0.5) is 11.4 Å². The van der Waals surface area contributed by atoms with Gasteiger partial charge in [0, 0.05) is 43.3 Å². The number of hydrogen-bond donors (Lipinski definition) is 3. The van der Waals surface area contributed by atoms with Gasteiger partial charge in [-0.15, -0.1) is 0 Å². The predicted molar refractivity (Wildman–Crippen MR) is 82.8 cm³/mol. The van der Waals surface area contributed by atoms with Gasteiger partial charge < -0.3 is 10.6 Å². The molecule has 0 aliphatic carbocycles. The van der Waals surface area contributed by atoms with Crippen LogP contribution in [0.1, 0.15) is 11.3 Å². The lowest BCUT2D eigenvalue weighted by molar-refractivity contribution is 0.596. The number of benzene rings is 1. The molecule has 0 aliphatic rings. The van der Waals surface area contributed by atoms with Crippen molar-refractivity contribution in [1.29, 1.82) is 0 Å². The Hall–Kier alpha value is -2.06. The van der Waals surface area contributed by atoms with Gasteiger partial charge in [-0.25, -0.2) is 0 Å². The first-order valence-corrected chi connectivity index (χ1v) is 7.87. The summed E-state index contributed by atoms with van der Waals surface area (Å²) in [6.45, 7) is 1.85. The molecule has 8 heteroatoms. The lowest BCUT2D eigenvalue weighted by Gasteiger charge is -2.13.